The summed E-state index contributed by atoms with van der Waals surface area (Å²) in [6.45, 7) is 7.03. The van der Waals surface area contributed by atoms with Gasteiger partial charge < -0.3 is 12.4 Å². The summed E-state index contributed by atoms with van der Waals surface area (Å²) in [7, 11) is 0. The van der Waals surface area contributed by atoms with Crippen LogP contribution in [0.3, 0.4) is 0 Å². The predicted octanol–water partition coefficient (Wildman–Crippen LogP) is 0.715. The Hall–Kier alpha value is 1.21. The van der Waals surface area contributed by atoms with Crippen molar-refractivity contribution in [2.75, 3.05) is 0 Å². The summed E-state index contributed by atoms with van der Waals surface area (Å²) in [5.41, 5.74) is 0. The maximum Gasteiger partial charge on any atom is -1.00 e. The van der Waals surface area contributed by atoms with Crippen molar-refractivity contribution in [3.05, 3.63) is 0 Å². The van der Waals surface area contributed by atoms with Crippen LogP contribution in [0.15, 0.2) is 0 Å². The molecule has 68 valence electrons. The van der Waals surface area contributed by atoms with E-state index in [4.69, 9.17) is 0 Å². The summed E-state index contributed by atoms with van der Waals surface area (Å²) in [5, 5.41) is 0. The normalized spacial score (nSPS) is 9.00. The van der Waals surface area contributed by atoms with Crippen LogP contribution in [0.2, 0.25) is 11.9 Å². The monoisotopic (exact) mass is 372 g/mol. The van der Waals surface area contributed by atoms with Crippen molar-refractivity contribution in [3.8, 4) is 0 Å². The third-order valence-electron chi connectivity index (χ3n) is 1.81. The van der Waals surface area contributed by atoms with Gasteiger partial charge in [-0.25, -0.2) is 0 Å². The van der Waals surface area contributed by atoms with Crippen molar-refractivity contribution in [2.45, 2.75) is 52.0 Å². The molecule has 0 unspecified atom stereocenters. The predicted molar refractivity (Wildman–Crippen MR) is 51.0 cm³/mol. The molecule has 0 N–H and O–H groups in total. The van der Waals surface area contributed by atoms with Gasteiger partial charge in [0.25, 0.3) is 0 Å². The molecule has 0 bridgehead atoms. The van der Waals surface area contributed by atoms with Crippen molar-refractivity contribution >= 4 is 22.7 Å². The van der Waals surface area contributed by atoms with Crippen LogP contribution >= 0.6 is 0 Å². The van der Waals surface area contributed by atoms with Crippen molar-refractivity contribution in [3.63, 3.8) is 0 Å². The van der Waals surface area contributed by atoms with E-state index in [-0.39, 0.29) is 12.4 Å². The van der Waals surface area contributed by atoms with Crippen LogP contribution in [-0.2, 0) is 0 Å². The Bertz CT molecular complexity index is 52.3. The van der Waals surface area contributed by atoms with Gasteiger partial charge in [-0.15, -0.1) is 0 Å². The van der Waals surface area contributed by atoms with E-state index in [0.717, 1.165) is 0 Å². The fourth-order valence-corrected chi connectivity index (χ4v) is 12.6. The first-order valence-corrected chi connectivity index (χ1v) is 12.9. The summed E-state index contributed by atoms with van der Waals surface area (Å²) in [4.78, 5) is 0. The molecule has 0 saturated carbocycles. The second-order valence-corrected chi connectivity index (χ2v) is 14.7. The molecule has 0 aromatic carbocycles. The second kappa shape index (κ2) is 11.2. The average molecular weight is 372 g/mol. The van der Waals surface area contributed by atoms with Gasteiger partial charge in [0.05, 0.1) is 0 Å². The van der Waals surface area contributed by atoms with Gasteiger partial charge in [0.1, 0.15) is 0 Å². The summed E-state index contributed by atoms with van der Waals surface area (Å²) >= 11 is -0.907. The number of rotatable bonds is 6. The number of halogens is 1. The molecule has 0 spiro atoms. The first-order chi connectivity index (χ1) is 4.85. The third kappa shape index (κ3) is 9.12. The van der Waals surface area contributed by atoms with E-state index in [1.165, 1.54) is 19.3 Å². The van der Waals surface area contributed by atoms with Crippen LogP contribution in [0.1, 0.15) is 40.0 Å². The maximum atomic E-state index is 2.34. The smallest absolute Gasteiger partial charge is 1.00 e. The Morgan fingerprint density at radius 3 is 1.18 bits per heavy atom. The summed E-state index contributed by atoms with van der Waals surface area (Å²) < 4.78 is 4.98. The van der Waals surface area contributed by atoms with E-state index in [1.807, 2.05) is 0 Å². The van der Waals surface area contributed by atoms with E-state index in [0.29, 0.717) is 0 Å². The molecule has 0 aliphatic rings. The molecular weight excluding hydrogens is 351 g/mol. The Morgan fingerprint density at radius 1 is 0.727 bits per heavy atom. The van der Waals surface area contributed by atoms with Crippen LogP contribution in [0.4, 0.5) is 0 Å². The van der Waals surface area contributed by atoms with E-state index < -0.39 is 22.7 Å². The average Bonchev–Trinajstić information content (AvgIpc) is 1.90. The van der Waals surface area contributed by atoms with E-state index in [9.17, 15) is 0 Å². The topological polar surface area (TPSA) is 0 Å². The molecule has 0 heterocycles. The minimum Gasteiger partial charge on any atom is -1.00 e. The van der Waals surface area contributed by atoms with Crippen LogP contribution < -0.4 is 12.4 Å². The minimum atomic E-state index is -0.907. The van der Waals surface area contributed by atoms with E-state index in [1.54, 1.807) is 11.9 Å². The summed E-state index contributed by atoms with van der Waals surface area (Å²) in [5.74, 6) is 0. The standard InChI is InChI=1S/3C3H7.ClH.Pb/c3*1-3-2;;/h3*1,3H2,2H3;1H;/q;;;;+1/p-1. The number of hydrogen-bond donors (Lipinski definition) is 0. The molecule has 11 heavy (non-hydrogen) atoms. The maximum absolute atomic E-state index is 2.34. The third-order valence-corrected chi connectivity index (χ3v) is 15.9. The molecule has 0 fully saturated rings. The molecule has 0 aromatic rings. The van der Waals surface area contributed by atoms with Crippen molar-refractivity contribution < 1.29 is 12.4 Å². The molecule has 0 rings (SSSR count). The quantitative estimate of drug-likeness (QED) is 0.603. The van der Waals surface area contributed by atoms with Gasteiger partial charge in [-0.1, -0.05) is 0 Å². The van der Waals surface area contributed by atoms with Crippen LogP contribution in [0.5, 0.6) is 0 Å². The van der Waals surface area contributed by atoms with Crippen LogP contribution in [0.25, 0.3) is 0 Å². The molecule has 0 aliphatic heterocycles. The fourth-order valence-electron chi connectivity index (χ4n) is 1.44. The molecule has 0 aliphatic carbocycles. The minimum absolute atomic E-state index is 0. The first-order valence-electron chi connectivity index (χ1n) is 4.68. The van der Waals surface area contributed by atoms with E-state index >= 15 is 0 Å². The Morgan fingerprint density at radius 2 is 1.00 bits per heavy atom. The van der Waals surface area contributed by atoms with Crippen molar-refractivity contribution in [1.29, 1.82) is 0 Å². The molecule has 0 aromatic heterocycles. The number of hydrogen-bond acceptors (Lipinski definition) is 0. The molecule has 0 nitrogen and oxygen atoms in total. The van der Waals surface area contributed by atoms with Gasteiger partial charge in [-0.05, 0) is 0 Å². The fraction of sp³-hybridized carbons (Fsp3) is 1.00. The van der Waals surface area contributed by atoms with Crippen molar-refractivity contribution in [2.24, 2.45) is 0 Å². The van der Waals surface area contributed by atoms with Crippen molar-refractivity contribution in [1.82, 2.24) is 0 Å². The second-order valence-electron chi connectivity index (χ2n) is 3.00. The zero-order valence-corrected chi connectivity index (χ0v) is 12.8. The van der Waals surface area contributed by atoms with Gasteiger partial charge >= 0.3 is 74.7 Å². The molecule has 0 amide bonds. The molecule has 0 atom stereocenters. The summed E-state index contributed by atoms with van der Waals surface area (Å²) in [6, 6.07) is 0. The van der Waals surface area contributed by atoms with Crippen LogP contribution in [-0.4, -0.2) is 22.7 Å². The SMILES string of the molecule is CC[CH2][Pb+]([CH2]CC)[CH2]CC.[Cl-]. The van der Waals surface area contributed by atoms with Gasteiger partial charge in [-0.2, -0.15) is 0 Å². The molecule has 2 heteroatoms. The molecule has 0 radical (unpaired) electrons. The Labute approximate surface area is 86.7 Å². The van der Waals surface area contributed by atoms with E-state index in [2.05, 4.69) is 20.8 Å². The van der Waals surface area contributed by atoms with Gasteiger partial charge in [0.2, 0.25) is 0 Å². The summed E-state index contributed by atoms with van der Waals surface area (Å²) in [6.07, 6.45) is 4.38. The Kier molecular flexibility index (Phi) is 15.0. The van der Waals surface area contributed by atoms with Gasteiger partial charge in [-0.3, -0.25) is 0 Å². The largest absolute Gasteiger partial charge is 1.00 e. The Balaban J connectivity index is 0. The van der Waals surface area contributed by atoms with Gasteiger partial charge in [0.15, 0.2) is 0 Å². The zero-order chi connectivity index (χ0) is 7.82. The van der Waals surface area contributed by atoms with Crippen LogP contribution in [0, 0.1) is 0 Å². The van der Waals surface area contributed by atoms with Gasteiger partial charge in [0, 0.05) is 0 Å². The molecular formula is C9H21ClPb. The molecule has 0 saturated heterocycles. The zero-order valence-electron chi connectivity index (χ0n) is 8.12. The first kappa shape index (κ1) is 14.7.